The maximum atomic E-state index is 12.2. The van der Waals surface area contributed by atoms with Crippen LogP contribution >= 0.6 is 11.3 Å². The lowest BCUT2D eigenvalue weighted by atomic mass is 10.2. The second kappa shape index (κ2) is 7.84. The standard InChI is InChI=1S/C18H22N4O3S/c1-5-16-20-22-17(23)9-13(19-18(22)26-16)11-21(2)10-12-6-7-14(24-3)15(8-12)25-4/h6-9H,5,10-11H2,1-4H3. The Morgan fingerprint density at radius 1 is 1.15 bits per heavy atom. The third-order valence-electron chi connectivity index (χ3n) is 3.97. The second-order valence-corrected chi connectivity index (χ2v) is 7.03. The van der Waals surface area contributed by atoms with Gasteiger partial charge in [-0.3, -0.25) is 9.69 Å². The minimum Gasteiger partial charge on any atom is -0.493 e. The number of ether oxygens (including phenoxy) is 2. The average molecular weight is 374 g/mol. The van der Waals surface area contributed by atoms with Crippen molar-refractivity contribution in [3.05, 3.63) is 50.9 Å². The van der Waals surface area contributed by atoms with Crippen LogP contribution in [0.4, 0.5) is 0 Å². The fraction of sp³-hybridized carbons (Fsp3) is 0.389. The quantitative estimate of drug-likeness (QED) is 0.632. The van der Waals surface area contributed by atoms with Crippen LogP contribution in [0.1, 0.15) is 23.2 Å². The predicted octanol–water partition coefficient (Wildman–Crippen LogP) is 2.36. The van der Waals surface area contributed by atoms with Crippen LogP contribution in [0, 0.1) is 0 Å². The Morgan fingerprint density at radius 3 is 2.62 bits per heavy atom. The van der Waals surface area contributed by atoms with Crippen molar-refractivity contribution in [2.75, 3.05) is 21.3 Å². The van der Waals surface area contributed by atoms with Crippen molar-refractivity contribution < 1.29 is 9.47 Å². The first kappa shape index (κ1) is 18.3. The van der Waals surface area contributed by atoms with Crippen LogP contribution in [0.15, 0.2) is 29.1 Å². The molecule has 0 radical (unpaired) electrons. The van der Waals surface area contributed by atoms with Crippen LogP contribution in [0.25, 0.3) is 4.96 Å². The maximum absolute atomic E-state index is 12.2. The molecule has 0 amide bonds. The predicted molar refractivity (Wildman–Crippen MR) is 101 cm³/mol. The Balaban J connectivity index is 1.76. The molecule has 7 nitrogen and oxygen atoms in total. The molecule has 3 rings (SSSR count). The highest BCUT2D eigenvalue weighted by Gasteiger charge is 2.11. The number of benzene rings is 1. The summed E-state index contributed by atoms with van der Waals surface area (Å²) in [6.45, 7) is 3.28. The Hall–Kier alpha value is -2.45. The molecule has 0 aliphatic carbocycles. The average Bonchev–Trinajstić information content (AvgIpc) is 3.05. The van der Waals surface area contributed by atoms with E-state index in [0.29, 0.717) is 29.5 Å². The maximum Gasteiger partial charge on any atom is 0.275 e. The molecule has 0 bridgehead atoms. The number of rotatable bonds is 7. The number of nitrogens with zero attached hydrogens (tertiary/aromatic N) is 4. The minimum absolute atomic E-state index is 0.138. The Bertz CT molecular complexity index is 967. The first-order valence-electron chi connectivity index (χ1n) is 8.32. The molecule has 2 heterocycles. The van der Waals surface area contributed by atoms with Gasteiger partial charge in [-0.2, -0.15) is 9.61 Å². The number of aromatic nitrogens is 3. The molecule has 0 saturated heterocycles. The largest absolute Gasteiger partial charge is 0.493 e. The topological polar surface area (TPSA) is 69.0 Å². The minimum atomic E-state index is -0.138. The van der Waals surface area contributed by atoms with E-state index in [2.05, 4.69) is 15.0 Å². The fourth-order valence-corrected chi connectivity index (χ4v) is 3.60. The zero-order valence-corrected chi connectivity index (χ0v) is 16.2. The van der Waals surface area contributed by atoms with Crippen molar-refractivity contribution in [3.63, 3.8) is 0 Å². The summed E-state index contributed by atoms with van der Waals surface area (Å²) in [5, 5.41) is 5.18. The van der Waals surface area contributed by atoms with Gasteiger partial charge in [0.25, 0.3) is 5.56 Å². The number of fused-ring (bicyclic) bond motifs is 1. The first-order valence-corrected chi connectivity index (χ1v) is 9.13. The summed E-state index contributed by atoms with van der Waals surface area (Å²) < 4.78 is 12.0. The smallest absolute Gasteiger partial charge is 0.275 e. The lowest BCUT2D eigenvalue weighted by molar-refractivity contribution is 0.312. The van der Waals surface area contributed by atoms with E-state index < -0.39 is 0 Å². The molecule has 0 unspecified atom stereocenters. The van der Waals surface area contributed by atoms with E-state index in [0.717, 1.165) is 22.7 Å². The number of hydrogen-bond donors (Lipinski definition) is 0. The summed E-state index contributed by atoms with van der Waals surface area (Å²) in [5.41, 5.74) is 1.69. The summed E-state index contributed by atoms with van der Waals surface area (Å²) in [4.78, 5) is 19.6. The van der Waals surface area contributed by atoms with Gasteiger partial charge in [0.15, 0.2) is 11.5 Å². The summed E-state index contributed by atoms with van der Waals surface area (Å²) >= 11 is 1.46. The molecule has 1 aromatic carbocycles. The molecule has 0 atom stereocenters. The number of aryl methyl sites for hydroxylation is 1. The number of hydrogen-bond acceptors (Lipinski definition) is 7. The summed E-state index contributed by atoms with van der Waals surface area (Å²) in [5.74, 6) is 1.41. The third kappa shape index (κ3) is 3.86. The van der Waals surface area contributed by atoms with E-state index in [-0.39, 0.29) is 5.56 Å². The van der Waals surface area contributed by atoms with E-state index in [4.69, 9.17) is 9.47 Å². The zero-order valence-electron chi connectivity index (χ0n) is 15.4. The molecule has 3 aromatic rings. The van der Waals surface area contributed by atoms with Crippen molar-refractivity contribution >= 4 is 16.3 Å². The van der Waals surface area contributed by atoms with E-state index in [1.807, 2.05) is 32.2 Å². The molecular weight excluding hydrogens is 352 g/mol. The van der Waals surface area contributed by atoms with Gasteiger partial charge in [-0.25, -0.2) is 4.98 Å². The van der Waals surface area contributed by atoms with Gasteiger partial charge in [0, 0.05) is 19.2 Å². The van der Waals surface area contributed by atoms with Gasteiger partial charge in [0.05, 0.1) is 19.9 Å². The van der Waals surface area contributed by atoms with E-state index in [1.165, 1.54) is 15.9 Å². The van der Waals surface area contributed by atoms with Crippen molar-refractivity contribution in [1.29, 1.82) is 0 Å². The molecule has 0 spiro atoms. The molecule has 0 N–H and O–H groups in total. The van der Waals surface area contributed by atoms with Crippen LogP contribution < -0.4 is 15.0 Å². The highest BCUT2D eigenvalue weighted by atomic mass is 32.1. The van der Waals surface area contributed by atoms with Crippen molar-refractivity contribution in [2.24, 2.45) is 0 Å². The van der Waals surface area contributed by atoms with Crippen LogP contribution in [0.2, 0.25) is 0 Å². The Morgan fingerprint density at radius 2 is 1.92 bits per heavy atom. The summed E-state index contributed by atoms with van der Waals surface area (Å²) in [6, 6.07) is 7.40. The molecule has 0 aliphatic rings. The van der Waals surface area contributed by atoms with Gasteiger partial charge in [0.1, 0.15) is 5.01 Å². The molecule has 0 fully saturated rings. The first-order chi connectivity index (χ1) is 12.5. The molecular formula is C18H22N4O3S. The lowest BCUT2D eigenvalue weighted by Gasteiger charge is -2.17. The molecule has 0 aliphatic heterocycles. The molecule has 26 heavy (non-hydrogen) atoms. The van der Waals surface area contributed by atoms with Gasteiger partial charge in [0.2, 0.25) is 4.96 Å². The molecule has 138 valence electrons. The van der Waals surface area contributed by atoms with Crippen LogP contribution in [0.5, 0.6) is 11.5 Å². The SMILES string of the molecule is CCc1nn2c(=O)cc(CN(C)Cc3ccc(OC)c(OC)c3)nc2s1. The molecule has 0 saturated carbocycles. The highest BCUT2D eigenvalue weighted by molar-refractivity contribution is 7.16. The summed E-state index contributed by atoms with van der Waals surface area (Å²) in [6.07, 6.45) is 0.794. The normalized spacial score (nSPS) is 11.3. The van der Waals surface area contributed by atoms with Gasteiger partial charge < -0.3 is 9.47 Å². The van der Waals surface area contributed by atoms with E-state index in [9.17, 15) is 4.79 Å². The van der Waals surface area contributed by atoms with Crippen LogP contribution in [0.3, 0.4) is 0 Å². The van der Waals surface area contributed by atoms with Crippen molar-refractivity contribution in [3.8, 4) is 11.5 Å². The van der Waals surface area contributed by atoms with Crippen LogP contribution in [-0.4, -0.2) is 40.8 Å². The van der Waals surface area contributed by atoms with Crippen molar-refractivity contribution in [2.45, 2.75) is 26.4 Å². The zero-order chi connectivity index (χ0) is 18.7. The van der Waals surface area contributed by atoms with E-state index in [1.54, 1.807) is 20.3 Å². The van der Waals surface area contributed by atoms with Gasteiger partial charge in [-0.05, 0) is 31.2 Å². The monoisotopic (exact) mass is 374 g/mol. The number of methoxy groups -OCH3 is 2. The van der Waals surface area contributed by atoms with Gasteiger partial charge in [-0.1, -0.05) is 24.3 Å². The van der Waals surface area contributed by atoms with Gasteiger partial charge in [-0.15, -0.1) is 0 Å². The molecule has 8 heteroatoms. The third-order valence-corrected chi connectivity index (χ3v) is 5.03. The summed E-state index contributed by atoms with van der Waals surface area (Å²) in [7, 11) is 5.23. The van der Waals surface area contributed by atoms with E-state index >= 15 is 0 Å². The molecule has 2 aromatic heterocycles. The van der Waals surface area contributed by atoms with Crippen molar-refractivity contribution in [1.82, 2.24) is 19.5 Å². The highest BCUT2D eigenvalue weighted by Crippen LogP contribution is 2.28. The van der Waals surface area contributed by atoms with Gasteiger partial charge >= 0.3 is 0 Å². The van der Waals surface area contributed by atoms with Crippen LogP contribution in [-0.2, 0) is 19.5 Å². The Kier molecular flexibility index (Phi) is 5.53. The fourth-order valence-electron chi connectivity index (χ4n) is 2.74. The Labute approximate surface area is 155 Å². The lowest BCUT2D eigenvalue weighted by Crippen LogP contribution is -2.21. The second-order valence-electron chi connectivity index (χ2n) is 5.99.